The third-order valence-corrected chi connectivity index (χ3v) is 2.49. The molecule has 2 rings (SSSR count). The molecule has 1 aromatic carbocycles. The summed E-state index contributed by atoms with van der Waals surface area (Å²) in [5.41, 5.74) is -0.0580. The Morgan fingerprint density at radius 3 is 2.94 bits per heavy atom. The van der Waals surface area contributed by atoms with Crippen molar-refractivity contribution in [1.82, 2.24) is 5.16 Å². The van der Waals surface area contributed by atoms with E-state index >= 15 is 0 Å². The Hall–Kier alpha value is -1.69. The summed E-state index contributed by atoms with van der Waals surface area (Å²) in [6.45, 7) is 0. The molecule has 0 spiro atoms. The molecule has 0 saturated carbocycles. The van der Waals surface area contributed by atoms with Crippen molar-refractivity contribution in [2.75, 3.05) is 5.32 Å². The summed E-state index contributed by atoms with van der Waals surface area (Å²) in [7, 11) is 0. The highest BCUT2D eigenvalue weighted by atomic mass is 79.9. The number of hydrogen-bond acceptors (Lipinski definition) is 3. The third-order valence-electron chi connectivity index (χ3n) is 1.88. The van der Waals surface area contributed by atoms with Crippen LogP contribution < -0.4 is 5.32 Å². The second kappa shape index (κ2) is 4.44. The number of aromatic nitrogens is 1. The van der Waals surface area contributed by atoms with Gasteiger partial charge >= 0.3 is 0 Å². The lowest BCUT2D eigenvalue weighted by Gasteiger charge is -2.03. The summed E-state index contributed by atoms with van der Waals surface area (Å²) in [6, 6.07) is 5.94. The first kappa shape index (κ1) is 10.8. The maximum Gasteiger partial charge on any atom is 0.259 e. The Morgan fingerprint density at radius 1 is 1.44 bits per heavy atom. The van der Waals surface area contributed by atoms with Gasteiger partial charge in [0.15, 0.2) is 5.82 Å². The molecule has 16 heavy (non-hydrogen) atoms. The van der Waals surface area contributed by atoms with Crippen molar-refractivity contribution >= 4 is 27.7 Å². The molecule has 6 heteroatoms. The first-order valence-electron chi connectivity index (χ1n) is 4.34. The number of carbonyl (C=O) groups excluding carboxylic acids is 1. The Kier molecular flexibility index (Phi) is 3.00. The highest BCUT2D eigenvalue weighted by Gasteiger charge is 2.14. The minimum absolute atomic E-state index is 0.0580. The van der Waals surface area contributed by atoms with Gasteiger partial charge in [-0.1, -0.05) is 11.2 Å². The fraction of sp³-hybridized carbons (Fsp3) is 0. The molecule has 4 nitrogen and oxygen atoms in total. The van der Waals surface area contributed by atoms with Gasteiger partial charge in [-0.2, -0.15) is 0 Å². The molecular weight excluding hydrogens is 279 g/mol. The van der Waals surface area contributed by atoms with E-state index in [0.29, 0.717) is 0 Å². The van der Waals surface area contributed by atoms with Crippen LogP contribution in [-0.4, -0.2) is 11.1 Å². The van der Waals surface area contributed by atoms with Crippen molar-refractivity contribution in [2.45, 2.75) is 0 Å². The molecule has 0 aliphatic heterocycles. The molecule has 82 valence electrons. The van der Waals surface area contributed by atoms with Crippen LogP contribution in [0.4, 0.5) is 10.2 Å². The molecule has 0 saturated heterocycles. The number of benzene rings is 1. The monoisotopic (exact) mass is 284 g/mol. The third kappa shape index (κ3) is 2.11. The predicted octanol–water partition coefficient (Wildman–Crippen LogP) is 2.83. The Bertz CT molecular complexity index is 514. The SMILES string of the molecule is O=C(Nc1ccon1)c1cccc(Br)c1F. The van der Waals surface area contributed by atoms with Crippen LogP contribution >= 0.6 is 15.9 Å². The maximum absolute atomic E-state index is 13.5. The van der Waals surface area contributed by atoms with E-state index in [1.54, 1.807) is 6.07 Å². The van der Waals surface area contributed by atoms with E-state index < -0.39 is 11.7 Å². The van der Waals surface area contributed by atoms with E-state index in [0.717, 1.165) is 0 Å². The normalized spacial score (nSPS) is 10.1. The van der Waals surface area contributed by atoms with Gasteiger partial charge in [-0.25, -0.2) is 4.39 Å². The second-order valence-corrected chi connectivity index (χ2v) is 3.79. The van der Waals surface area contributed by atoms with E-state index in [-0.39, 0.29) is 15.9 Å². The largest absolute Gasteiger partial charge is 0.363 e. The second-order valence-electron chi connectivity index (χ2n) is 2.94. The van der Waals surface area contributed by atoms with Gasteiger partial charge in [0.05, 0.1) is 10.0 Å². The lowest BCUT2D eigenvalue weighted by Crippen LogP contribution is -2.14. The summed E-state index contributed by atoms with van der Waals surface area (Å²) in [6.07, 6.45) is 1.31. The molecule has 0 unspecified atom stereocenters. The lowest BCUT2D eigenvalue weighted by molar-refractivity contribution is 0.102. The molecule has 0 radical (unpaired) electrons. The van der Waals surface area contributed by atoms with Crippen LogP contribution in [0.3, 0.4) is 0 Å². The number of amides is 1. The minimum Gasteiger partial charge on any atom is -0.363 e. The number of nitrogens with one attached hydrogen (secondary N) is 1. The lowest BCUT2D eigenvalue weighted by atomic mass is 10.2. The topological polar surface area (TPSA) is 55.1 Å². The zero-order valence-corrected chi connectivity index (χ0v) is 9.49. The fourth-order valence-corrected chi connectivity index (χ4v) is 1.51. The van der Waals surface area contributed by atoms with Gasteiger partial charge in [-0.3, -0.25) is 4.79 Å². The highest BCUT2D eigenvalue weighted by molar-refractivity contribution is 9.10. The van der Waals surface area contributed by atoms with Crippen molar-refractivity contribution in [2.24, 2.45) is 0 Å². The number of hydrogen-bond donors (Lipinski definition) is 1. The maximum atomic E-state index is 13.5. The molecule has 0 atom stereocenters. The quantitative estimate of drug-likeness (QED) is 0.923. The zero-order chi connectivity index (χ0) is 11.5. The standard InChI is InChI=1S/C10H6BrFN2O2/c11-7-3-1-2-6(9(7)12)10(15)13-8-4-5-16-14-8/h1-5H,(H,13,14,15). The summed E-state index contributed by atoms with van der Waals surface area (Å²) >= 11 is 3.00. The minimum atomic E-state index is -0.608. The smallest absolute Gasteiger partial charge is 0.259 e. The number of halogens is 2. The average molecular weight is 285 g/mol. The van der Waals surface area contributed by atoms with Gasteiger partial charge < -0.3 is 9.84 Å². The van der Waals surface area contributed by atoms with Gasteiger partial charge in [-0.15, -0.1) is 0 Å². The molecule has 0 fully saturated rings. The van der Waals surface area contributed by atoms with Crippen molar-refractivity contribution in [1.29, 1.82) is 0 Å². The van der Waals surface area contributed by atoms with Crippen molar-refractivity contribution in [3.8, 4) is 0 Å². The zero-order valence-electron chi connectivity index (χ0n) is 7.91. The van der Waals surface area contributed by atoms with Crippen LogP contribution in [-0.2, 0) is 0 Å². The van der Waals surface area contributed by atoms with Crippen molar-refractivity contribution < 1.29 is 13.7 Å². The van der Waals surface area contributed by atoms with Gasteiger partial charge in [0.1, 0.15) is 12.1 Å². The van der Waals surface area contributed by atoms with E-state index in [4.69, 9.17) is 0 Å². The summed E-state index contributed by atoms with van der Waals surface area (Å²) in [5, 5.41) is 5.89. The number of rotatable bonds is 2. The highest BCUT2D eigenvalue weighted by Crippen LogP contribution is 2.19. The molecule has 0 bridgehead atoms. The molecule has 1 heterocycles. The van der Waals surface area contributed by atoms with E-state index in [1.165, 1.54) is 24.5 Å². The Labute approximate surface area is 98.6 Å². The van der Waals surface area contributed by atoms with Crippen LogP contribution in [0.2, 0.25) is 0 Å². The van der Waals surface area contributed by atoms with Gasteiger partial charge in [0.2, 0.25) is 0 Å². The van der Waals surface area contributed by atoms with Gasteiger partial charge in [0, 0.05) is 6.07 Å². The van der Waals surface area contributed by atoms with Crippen LogP contribution in [0.15, 0.2) is 39.5 Å². The Balaban J connectivity index is 2.24. The van der Waals surface area contributed by atoms with Crippen LogP contribution in [0.1, 0.15) is 10.4 Å². The van der Waals surface area contributed by atoms with Crippen LogP contribution in [0.5, 0.6) is 0 Å². The number of carbonyl (C=O) groups is 1. The van der Waals surface area contributed by atoms with Gasteiger partial charge in [0.25, 0.3) is 5.91 Å². The van der Waals surface area contributed by atoms with Crippen LogP contribution in [0.25, 0.3) is 0 Å². The molecule has 1 amide bonds. The number of nitrogens with zero attached hydrogens (tertiary/aromatic N) is 1. The number of anilines is 1. The molecule has 1 aromatic heterocycles. The van der Waals surface area contributed by atoms with Crippen LogP contribution in [0, 0.1) is 5.82 Å². The average Bonchev–Trinajstić information content (AvgIpc) is 2.74. The van der Waals surface area contributed by atoms with Crippen molar-refractivity contribution in [3.63, 3.8) is 0 Å². The van der Waals surface area contributed by atoms with E-state index in [2.05, 4.69) is 30.9 Å². The van der Waals surface area contributed by atoms with Crippen molar-refractivity contribution in [3.05, 3.63) is 46.4 Å². The molecule has 2 aromatic rings. The Morgan fingerprint density at radius 2 is 2.25 bits per heavy atom. The molecule has 0 aliphatic carbocycles. The summed E-state index contributed by atoms with van der Waals surface area (Å²) in [5.74, 6) is -0.944. The van der Waals surface area contributed by atoms with E-state index in [9.17, 15) is 9.18 Å². The van der Waals surface area contributed by atoms with Gasteiger partial charge in [-0.05, 0) is 28.1 Å². The molecule has 0 aliphatic rings. The first-order chi connectivity index (χ1) is 7.68. The molecule has 1 N–H and O–H groups in total. The molecular formula is C10H6BrFN2O2. The predicted molar refractivity (Wildman–Crippen MR) is 58.6 cm³/mol. The summed E-state index contributed by atoms with van der Waals surface area (Å²) in [4.78, 5) is 11.6. The van der Waals surface area contributed by atoms with E-state index in [1.807, 2.05) is 0 Å². The summed E-state index contributed by atoms with van der Waals surface area (Å²) < 4.78 is 18.3. The fourth-order valence-electron chi connectivity index (χ4n) is 1.14. The first-order valence-corrected chi connectivity index (χ1v) is 5.13.